The molecule has 0 saturated carbocycles. The molecule has 0 rings (SSSR count). The monoisotopic (exact) mass is 372 g/mol. The standard InChI is InChI=1S/C16H32N4O4Si/c1-9-13(5)17-21-25(22-18-14(6)10-2,23-19-15(7)11-3)24-20-16(8)12-4/h9-12,17-20H,1-8H3. The Bertz CT molecular complexity index is 425. The second kappa shape index (κ2) is 12.6. The van der Waals surface area contributed by atoms with Crippen molar-refractivity contribution in [3.8, 4) is 0 Å². The van der Waals surface area contributed by atoms with Crippen molar-refractivity contribution < 1.29 is 18.1 Å². The molecule has 0 radical (unpaired) electrons. The van der Waals surface area contributed by atoms with Gasteiger partial charge < -0.3 is 0 Å². The van der Waals surface area contributed by atoms with Crippen LogP contribution in [-0.2, 0) is 18.1 Å². The molecule has 0 aliphatic rings. The van der Waals surface area contributed by atoms with Crippen LogP contribution in [0, 0.1) is 0 Å². The first-order chi connectivity index (χ1) is 11.8. The van der Waals surface area contributed by atoms with E-state index >= 15 is 0 Å². The van der Waals surface area contributed by atoms with E-state index in [-0.39, 0.29) is 0 Å². The lowest BCUT2D eigenvalue weighted by Gasteiger charge is -2.28. The van der Waals surface area contributed by atoms with Gasteiger partial charge in [0.25, 0.3) is 0 Å². The van der Waals surface area contributed by atoms with E-state index in [2.05, 4.69) is 21.9 Å². The van der Waals surface area contributed by atoms with Crippen LogP contribution < -0.4 is 21.9 Å². The van der Waals surface area contributed by atoms with Gasteiger partial charge in [0, 0.05) is 22.8 Å². The second-order valence-corrected chi connectivity index (χ2v) is 7.02. The van der Waals surface area contributed by atoms with Crippen LogP contribution >= 0.6 is 0 Å². The molecule has 4 N–H and O–H groups in total. The highest BCUT2D eigenvalue weighted by atomic mass is 28.4. The minimum atomic E-state index is -3.72. The first-order valence-electron chi connectivity index (χ1n) is 8.10. The number of allylic oxidation sites excluding steroid dienone is 8. The van der Waals surface area contributed by atoms with Gasteiger partial charge in [-0.15, -0.1) is 0 Å². The average Bonchev–Trinajstić information content (AvgIpc) is 2.65. The molecular formula is C16H32N4O4Si. The fourth-order valence-electron chi connectivity index (χ4n) is 0.933. The summed E-state index contributed by atoms with van der Waals surface area (Å²) in [5.74, 6) is 0. The zero-order valence-electron chi connectivity index (χ0n) is 16.4. The number of nitrogens with one attached hydrogen (secondary N) is 4. The largest absolute Gasteiger partial charge is 0.769 e. The van der Waals surface area contributed by atoms with Gasteiger partial charge in [-0.1, -0.05) is 24.3 Å². The Kier molecular flexibility index (Phi) is 11.7. The van der Waals surface area contributed by atoms with Crippen LogP contribution in [0.5, 0.6) is 0 Å². The number of hydrogen-bond acceptors (Lipinski definition) is 8. The third-order valence-electron chi connectivity index (χ3n) is 3.08. The molecule has 0 atom stereocenters. The molecule has 0 spiro atoms. The molecule has 0 heterocycles. The smallest absolute Gasteiger partial charge is 0.276 e. The second-order valence-electron chi connectivity index (χ2n) is 5.20. The zero-order valence-corrected chi connectivity index (χ0v) is 17.4. The average molecular weight is 373 g/mol. The van der Waals surface area contributed by atoms with E-state index in [9.17, 15) is 0 Å². The molecule has 0 aromatic rings. The van der Waals surface area contributed by atoms with Gasteiger partial charge in [-0.3, -0.25) is 21.9 Å². The number of hydrogen-bond donors (Lipinski definition) is 4. The molecule has 0 aliphatic heterocycles. The molecule has 25 heavy (non-hydrogen) atoms. The van der Waals surface area contributed by atoms with Gasteiger partial charge in [0.15, 0.2) is 0 Å². The molecule has 0 unspecified atom stereocenters. The highest BCUT2D eigenvalue weighted by Gasteiger charge is 2.52. The number of rotatable bonds is 12. The minimum absolute atomic E-state index is 0.779. The van der Waals surface area contributed by atoms with Gasteiger partial charge >= 0.3 is 9.05 Å². The van der Waals surface area contributed by atoms with E-state index in [1.807, 2.05) is 79.7 Å². The summed E-state index contributed by atoms with van der Waals surface area (Å²) in [5, 5.41) is 0. The lowest BCUT2D eigenvalue weighted by atomic mass is 10.5. The van der Waals surface area contributed by atoms with Gasteiger partial charge in [0.05, 0.1) is 0 Å². The molecule has 0 aliphatic carbocycles. The van der Waals surface area contributed by atoms with Gasteiger partial charge in [0.2, 0.25) is 0 Å². The quantitative estimate of drug-likeness (QED) is 0.307. The van der Waals surface area contributed by atoms with Crippen LogP contribution in [0.2, 0.25) is 0 Å². The SMILES string of the molecule is CC=C(C)NO[Si](ONC(C)=CC)(ONC(C)=CC)ONC(C)=CC. The van der Waals surface area contributed by atoms with E-state index in [0.29, 0.717) is 0 Å². The van der Waals surface area contributed by atoms with Crippen molar-refractivity contribution in [3.63, 3.8) is 0 Å². The van der Waals surface area contributed by atoms with Crippen molar-refractivity contribution in [1.82, 2.24) is 21.9 Å². The van der Waals surface area contributed by atoms with E-state index in [4.69, 9.17) is 18.1 Å². The summed E-state index contributed by atoms with van der Waals surface area (Å²) in [5.41, 5.74) is 14.2. The fourth-order valence-corrected chi connectivity index (χ4v) is 2.33. The van der Waals surface area contributed by atoms with Crippen LogP contribution in [0.3, 0.4) is 0 Å². The Morgan fingerprint density at radius 3 is 0.880 bits per heavy atom. The topological polar surface area (TPSA) is 85.0 Å². The molecular weight excluding hydrogens is 340 g/mol. The van der Waals surface area contributed by atoms with Crippen molar-refractivity contribution in [3.05, 3.63) is 47.1 Å². The normalized spacial score (nSPS) is 16.3. The maximum Gasteiger partial charge on any atom is 0.769 e. The maximum atomic E-state index is 5.65. The maximum absolute atomic E-state index is 5.65. The minimum Gasteiger partial charge on any atom is -0.276 e. The number of hydroxylamine groups is 4. The Hall–Kier alpha value is -1.78. The van der Waals surface area contributed by atoms with Crippen molar-refractivity contribution in [2.45, 2.75) is 55.4 Å². The lowest BCUT2D eigenvalue weighted by Crippen LogP contribution is -2.59. The summed E-state index contributed by atoms with van der Waals surface area (Å²) < 4.78 is 22.6. The fraction of sp³-hybridized carbons (Fsp3) is 0.500. The van der Waals surface area contributed by atoms with Crippen LogP contribution in [0.4, 0.5) is 0 Å². The van der Waals surface area contributed by atoms with Gasteiger partial charge in [0.1, 0.15) is 0 Å². The predicted octanol–water partition coefficient (Wildman–Crippen LogP) is 3.20. The molecule has 144 valence electrons. The van der Waals surface area contributed by atoms with E-state index in [1.54, 1.807) is 0 Å². The molecule has 0 fully saturated rings. The van der Waals surface area contributed by atoms with Crippen molar-refractivity contribution in [2.24, 2.45) is 0 Å². The van der Waals surface area contributed by atoms with Gasteiger partial charge in [-0.05, 0) is 55.4 Å². The third kappa shape index (κ3) is 9.95. The Labute approximate surface area is 152 Å². The summed E-state index contributed by atoms with van der Waals surface area (Å²) >= 11 is 0. The Morgan fingerprint density at radius 1 is 0.520 bits per heavy atom. The van der Waals surface area contributed by atoms with E-state index in [1.165, 1.54) is 0 Å². The van der Waals surface area contributed by atoms with Crippen LogP contribution in [0.15, 0.2) is 47.1 Å². The van der Waals surface area contributed by atoms with Gasteiger partial charge in [-0.2, -0.15) is 0 Å². The van der Waals surface area contributed by atoms with Crippen LogP contribution in [0.1, 0.15) is 55.4 Å². The molecule has 0 aromatic carbocycles. The summed E-state index contributed by atoms with van der Waals surface area (Å²) in [6.45, 7) is 14.9. The Morgan fingerprint density at radius 2 is 0.720 bits per heavy atom. The first kappa shape index (κ1) is 23.2. The van der Waals surface area contributed by atoms with E-state index < -0.39 is 9.05 Å². The molecule has 9 heteroatoms. The molecule has 0 saturated heterocycles. The predicted molar refractivity (Wildman–Crippen MR) is 100 cm³/mol. The van der Waals surface area contributed by atoms with Crippen LogP contribution in [0.25, 0.3) is 0 Å². The highest BCUT2D eigenvalue weighted by molar-refractivity contribution is 6.53. The zero-order chi connectivity index (χ0) is 19.3. The summed E-state index contributed by atoms with van der Waals surface area (Å²) in [6.07, 6.45) is 7.39. The van der Waals surface area contributed by atoms with Crippen molar-refractivity contribution in [1.29, 1.82) is 0 Å². The molecule has 0 bridgehead atoms. The molecule has 0 aromatic heterocycles. The summed E-state index contributed by atoms with van der Waals surface area (Å²) in [4.78, 5) is 0. The van der Waals surface area contributed by atoms with Crippen molar-refractivity contribution in [2.75, 3.05) is 0 Å². The van der Waals surface area contributed by atoms with Crippen LogP contribution in [-0.4, -0.2) is 9.05 Å². The highest BCUT2D eigenvalue weighted by Crippen LogP contribution is 2.10. The van der Waals surface area contributed by atoms with Gasteiger partial charge in [-0.25, -0.2) is 18.1 Å². The van der Waals surface area contributed by atoms with E-state index in [0.717, 1.165) is 22.8 Å². The first-order valence-corrected chi connectivity index (χ1v) is 9.73. The molecule has 8 nitrogen and oxygen atoms in total. The third-order valence-corrected chi connectivity index (χ3v) is 4.49. The molecule has 0 amide bonds. The Balaban J connectivity index is 5.39. The lowest BCUT2D eigenvalue weighted by molar-refractivity contribution is -0.107. The summed E-state index contributed by atoms with van der Waals surface area (Å²) in [7, 11) is -3.72. The summed E-state index contributed by atoms with van der Waals surface area (Å²) in [6, 6.07) is 0. The van der Waals surface area contributed by atoms with Crippen molar-refractivity contribution >= 4 is 9.05 Å².